The number of nitrogens with zero attached hydrogens (tertiary/aromatic N) is 1. The quantitative estimate of drug-likeness (QED) is 0.879. The zero-order chi connectivity index (χ0) is 13.3. The van der Waals surface area contributed by atoms with Gasteiger partial charge < -0.3 is 5.11 Å². The highest BCUT2D eigenvalue weighted by Gasteiger charge is 2.35. The molecule has 0 heterocycles. The van der Waals surface area contributed by atoms with E-state index in [2.05, 4.69) is 0 Å². The number of carbonyl (C=O) groups is 1. The highest BCUT2D eigenvalue weighted by molar-refractivity contribution is 5.69. The number of rotatable bonds is 5. The molecule has 1 fully saturated rings. The Morgan fingerprint density at radius 3 is 2.72 bits per heavy atom. The van der Waals surface area contributed by atoms with Crippen molar-refractivity contribution in [1.29, 1.82) is 0 Å². The molecule has 1 aliphatic carbocycles. The molecule has 1 aromatic rings. The van der Waals surface area contributed by atoms with Gasteiger partial charge in [-0.1, -0.05) is 12.1 Å². The van der Waals surface area contributed by atoms with Crippen LogP contribution in [-0.2, 0) is 4.79 Å². The van der Waals surface area contributed by atoms with Crippen LogP contribution in [0.25, 0.3) is 0 Å². The zero-order valence-corrected chi connectivity index (χ0v) is 10.1. The van der Waals surface area contributed by atoms with Crippen LogP contribution in [0.1, 0.15) is 31.4 Å². The van der Waals surface area contributed by atoms with Gasteiger partial charge in [-0.25, -0.2) is 8.78 Å². The predicted octanol–water partition coefficient (Wildman–Crippen LogP) is 2.57. The lowest BCUT2D eigenvalue weighted by Gasteiger charge is -2.28. The molecule has 1 saturated carbocycles. The van der Waals surface area contributed by atoms with E-state index in [1.54, 1.807) is 11.8 Å². The lowest BCUT2D eigenvalue weighted by atomic mass is 10.1. The van der Waals surface area contributed by atoms with Gasteiger partial charge in [0.25, 0.3) is 0 Å². The molecule has 2 rings (SSSR count). The number of halogens is 2. The van der Waals surface area contributed by atoms with Crippen LogP contribution in [0.15, 0.2) is 18.2 Å². The smallest absolute Gasteiger partial charge is 0.317 e. The van der Waals surface area contributed by atoms with E-state index in [0.717, 1.165) is 18.9 Å². The van der Waals surface area contributed by atoms with Gasteiger partial charge in [0.05, 0.1) is 6.54 Å². The third kappa shape index (κ3) is 2.67. The Bertz CT molecular complexity index is 460. The fraction of sp³-hybridized carbons (Fsp3) is 0.462. The minimum atomic E-state index is -0.953. The van der Waals surface area contributed by atoms with E-state index in [1.807, 2.05) is 0 Å². The molecule has 0 saturated heterocycles. The second-order valence-electron chi connectivity index (χ2n) is 4.62. The van der Waals surface area contributed by atoms with Gasteiger partial charge in [-0.05, 0) is 25.8 Å². The minimum absolute atomic E-state index is 0.151. The molecule has 0 amide bonds. The molecule has 1 atom stereocenters. The van der Waals surface area contributed by atoms with Crippen molar-refractivity contribution in [3.05, 3.63) is 35.4 Å². The number of carboxylic acids is 1. The van der Waals surface area contributed by atoms with Crippen molar-refractivity contribution >= 4 is 5.97 Å². The number of carboxylic acid groups (broad SMARTS) is 1. The maximum Gasteiger partial charge on any atom is 0.317 e. The van der Waals surface area contributed by atoms with E-state index in [9.17, 15) is 13.6 Å². The molecule has 0 spiro atoms. The van der Waals surface area contributed by atoms with E-state index < -0.39 is 23.6 Å². The first kappa shape index (κ1) is 13.0. The lowest BCUT2D eigenvalue weighted by Crippen LogP contribution is -2.34. The van der Waals surface area contributed by atoms with E-state index in [0.29, 0.717) is 0 Å². The molecule has 0 aliphatic heterocycles. The third-order valence-electron chi connectivity index (χ3n) is 3.26. The van der Waals surface area contributed by atoms with Gasteiger partial charge in [0.15, 0.2) is 11.6 Å². The Balaban J connectivity index is 2.24. The molecule has 98 valence electrons. The first-order valence-electron chi connectivity index (χ1n) is 5.92. The summed E-state index contributed by atoms with van der Waals surface area (Å²) in [5.74, 6) is -2.74. The zero-order valence-electron chi connectivity index (χ0n) is 10.1. The first-order chi connectivity index (χ1) is 8.50. The summed E-state index contributed by atoms with van der Waals surface area (Å²) in [4.78, 5) is 12.5. The maximum absolute atomic E-state index is 13.7. The molecule has 3 nitrogen and oxygen atoms in total. The molecule has 0 aromatic heterocycles. The van der Waals surface area contributed by atoms with Crippen molar-refractivity contribution < 1.29 is 18.7 Å². The van der Waals surface area contributed by atoms with Crippen LogP contribution in [0.4, 0.5) is 8.78 Å². The van der Waals surface area contributed by atoms with Crippen molar-refractivity contribution in [1.82, 2.24) is 4.90 Å². The topological polar surface area (TPSA) is 40.5 Å². The van der Waals surface area contributed by atoms with Gasteiger partial charge in [0.2, 0.25) is 0 Å². The van der Waals surface area contributed by atoms with Gasteiger partial charge in [0, 0.05) is 17.6 Å². The minimum Gasteiger partial charge on any atom is -0.480 e. The maximum atomic E-state index is 13.7. The highest BCUT2D eigenvalue weighted by atomic mass is 19.2. The van der Waals surface area contributed by atoms with Crippen LogP contribution in [0.5, 0.6) is 0 Å². The summed E-state index contributed by atoms with van der Waals surface area (Å²) in [6.45, 7) is 1.56. The number of hydrogen-bond donors (Lipinski definition) is 1. The molecule has 1 unspecified atom stereocenters. The summed E-state index contributed by atoms with van der Waals surface area (Å²) in [7, 11) is 0. The first-order valence-corrected chi connectivity index (χ1v) is 5.92. The molecular weight excluding hydrogens is 240 g/mol. The summed E-state index contributed by atoms with van der Waals surface area (Å²) in [6.07, 6.45) is 1.82. The molecule has 0 radical (unpaired) electrons. The molecule has 1 N–H and O–H groups in total. The Labute approximate surface area is 104 Å². The van der Waals surface area contributed by atoms with Crippen LogP contribution in [0.3, 0.4) is 0 Å². The normalized spacial score (nSPS) is 16.9. The van der Waals surface area contributed by atoms with Crippen molar-refractivity contribution in [2.24, 2.45) is 0 Å². The summed E-state index contributed by atoms with van der Waals surface area (Å²) in [6, 6.07) is 3.73. The van der Waals surface area contributed by atoms with Gasteiger partial charge in [-0.15, -0.1) is 0 Å². The fourth-order valence-corrected chi connectivity index (χ4v) is 2.17. The average molecular weight is 255 g/mol. The Hall–Kier alpha value is -1.49. The van der Waals surface area contributed by atoms with E-state index in [-0.39, 0.29) is 18.2 Å². The van der Waals surface area contributed by atoms with Crippen molar-refractivity contribution in [2.45, 2.75) is 31.8 Å². The summed E-state index contributed by atoms with van der Waals surface area (Å²) in [5.41, 5.74) is 0.211. The van der Waals surface area contributed by atoms with E-state index in [1.165, 1.54) is 12.1 Å². The molecule has 5 heteroatoms. The van der Waals surface area contributed by atoms with Crippen LogP contribution in [0, 0.1) is 11.6 Å². The Morgan fingerprint density at radius 2 is 2.17 bits per heavy atom. The second kappa shape index (κ2) is 5.02. The predicted molar refractivity (Wildman–Crippen MR) is 62.1 cm³/mol. The van der Waals surface area contributed by atoms with E-state index in [4.69, 9.17) is 5.11 Å². The van der Waals surface area contributed by atoms with Crippen LogP contribution in [-0.4, -0.2) is 28.6 Å². The molecule has 0 bridgehead atoms. The largest absolute Gasteiger partial charge is 0.480 e. The molecule has 1 aliphatic rings. The highest BCUT2D eigenvalue weighted by Crippen LogP contribution is 2.35. The van der Waals surface area contributed by atoms with Gasteiger partial charge >= 0.3 is 5.97 Å². The Morgan fingerprint density at radius 1 is 1.50 bits per heavy atom. The van der Waals surface area contributed by atoms with Gasteiger partial charge in [-0.3, -0.25) is 9.69 Å². The number of hydrogen-bond acceptors (Lipinski definition) is 2. The van der Waals surface area contributed by atoms with E-state index >= 15 is 0 Å². The standard InChI is InChI=1S/C13H15F2NO2/c1-8(10-3-2-4-11(14)13(10)15)16(7-12(17)18)9-5-6-9/h2-4,8-9H,5-7H2,1H3,(H,17,18). The van der Waals surface area contributed by atoms with Crippen molar-refractivity contribution in [2.75, 3.05) is 6.54 Å². The molecule has 18 heavy (non-hydrogen) atoms. The Kier molecular flexibility index (Phi) is 3.61. The second-order valence-corrected chi connectivity index (χ2v) is 4.62. The SMILES string of the molecule is CC(c1cccc(F)c1F)N(CC(=O)O)C1CC1. The van der Waals surface area contributed by atoms with Crippen LogP contribution in [0.2, 0.25) is 0 Å². The monoisotopic (exact) mass is 255 g/mol. The third-order valence-corrected chi connectivity index (χ3v) is 3.26. The summed E-state index contributed by atoms with van der Waals surface area (Å²) < 4.78 is 26.9. The van der Waals surface area contributed by atoms with Gasteiger partial charge in [0.1, 0.15) is 0 Å². The molecular formula is C13H15F2NO2. The van der Waals surface area contributed by atoms with Crippen molar-refractivity contribution in [3.63, 3.8) is 0 Å². The summed E-state index contributed by atoms with van der Waals surface area (Å²) in [5, 5.41) is 8.87. The summed E-state index contributed by atoms with van der Waals surface area (Å²) >= 11 is 0. The average Bonchev–Trinajstić information content (AvgIpc) is 3.12. The van der Waals surface area contributed by atoms with Crippen LogP contribution >= 0.6 is 0 Å². The lowest BCUT2D eigenvalue weighted by molar-refractivity contribution is -0.139. The molecule has 1 aromatic carbocycles. The number of aliphatic carboxylic acids is 1. The van der Waals surface area contributed by atoms with Gasteiger partial charge in [-0.2, -0.15) is 0 Å². The van der Waals surface area contributed by atoms with Crippen molar-refractivity contribution in [3.8, 4) is 0 Å². The number of benzene rings is 1. The fourth-order valence-electron chi connectivity index (χ4n) is 2.17. The van der Waals surface area contributed by atoms with Crippen LogP contribution < -0.4 is 0 Å².